The largest absolute Gasteiger partial charge is 0.309 e. The molecule has 0 aliphatic rings. The number of para-hydroxylation sites is 1. The summed E-state index contributed by atoms with van der Waals surface area (Å²) in [6.45, 7) is 9.22. The Balaban J connectivity index is 2.18. The summed E-state index contributed by atoms with van der Waals surface area (Å²) >= 11 is 0. The zero-order valence-electron chi connectivity index (χ0n) is 12.2. The van der Waals surface area contributed by atoms with E-state index in [4.69, 9.17) is 0 Å². The summed E-state index contributed by atoms with van der Waals surface area (Å²) in [7, 11) is 0. The van der Waals surface area contributed by atoms with Crippen LogP contribution in [0, 0.1) is 0 Å². The summed E-state index contributed by atoms with van der Waals surface area (Å²) in [5.74, 6) is 0. The van der Waals surface area contributed by atoms with Crippen LogP contribution in [0.25, 0.3) is 5.69 Å². The van der Waals surface area contributed by atoms with Crippen LogP contribution < -0.4 is 5.32 Å². The summed E-state index contributed by atoms with van der Waals surface area (Å²) in [6.07, 6.45) is 3.73. The van der Waals surface area contributed by atoms with Gasteiger partial charge in [0, 0.05) is 0 Å². The fourth-order valence-electron chi connectivity index (χ4n) is 2.08. The Hall–Kier alpha value is -1.94. The third kappa shape index (κ3) is 3.54. The molecule has 2 rings (SSSR count). The molecule has 0 saturated heterocycles. The molecule has 1 heterocycles. The minimum Gasteiger partial charge on any atom is -0.309 e. The number of nitrogens with one attached hydrogen (secondary N) is 1. The summed E-state index contributed by atoms with van der Waals surface area (Å²) in [6, 6.07) is 10.1. The van der Waals surface area contributed by atoms with Crippen molar-refractivity contribution >= 4 is 0 Å². The zero-order chi connectivity index (χ0) is 14.4. The van der Waals surface area contributed by atoms with Crippen LogP contribution in [0.4, 0.5) is 0 Å². The van der Waals surface area contributed by atoms with Crippen LogP contribution in [-0.4, -0.2) is 21.5 Å². The molecule has 0 fully saturated rings. The third-order valence-corrected chi connectivity index (χ3v) is 3.30. The molecule has 1 unspecified atom stereocenters. The Morgan fingerprint density at radius 1 is 1.30 bits per heavy atom. The van der Waals surface area contributed by atoms with E-state index in [-0.39, 0.29) is 6.04 Å². The van der Waals surface area contributed by atoms with E-state index >= 15 is 0 Å². The average molecular weight is 270 g/mol. The third-order valence-electron chi connectivity index (χ3n) is 3.30. The van der Waals surface area contributed by atoms with Gasteiger partial charge in [0.2, 0.25) is 0 Å². The predicted octanol–water partition coefficient (Wildman–Crippen LogP) is 3.27. The van der Waals surface area contributed by atoms with Gasteiger partial charge in [0.15, 0.2) is 0 Å². The molecule has 0 bridgehead atoms. The molecule has 0 aliphatic heterocycles. The van der Waals surface area contributed by atoms with Crippen LogP contribution in [0.3, 0.4) is 0 Å². The standard InChI is InChI=1S/C16H22N4/c1-4-13(3)11-15(17-5-2)16-12-18-20(19-16)14-9-7-6-8-10-14/h6-10,12,15,17H,3-5,11H2,1-2H3. The van der Waals surface area contributed by atoms with Gasteiger partial charge >= 0.3 is 0 Å². The van der Waals surface area contributed by atoms with Gasteiger partial charge in [-0.1, -0.05) is 44.2 Å². The Morgan fingerprint density at radius 2 is 2.05 bits per heavy atom. The van der Waals surface area contributed by atoms with Gasteiger partial charge in [0.25, 0.3) is 0 Å². The van der Waals surface area contributed by atoms with Crippen molar-refractivity contribution in [3.63, 3.8) is 0 Å². The van der Waals surface area contributed by atoms with E-state index in [2.05, 4.69) is 35.9 Å². The Bertz CT molecular complexity index is 545. The number of nitrogens with zero attached hydrogens (tertiary/aromatic N) is 3. The molecule has 0 saturated carbocycles. The van der Waals surface area contributed by atoms with Crippen molar-refractivity contribution in [2.24, 2.45) is 0 Å². The molecule has 2 aromatic rings. The van der Waals surface area contributed by atoms with Crippen molar-refractivity contribution in [1.82, 2.24) is 20.3 Å². The second kappa shape index (κ2) is 7.01. The summed E-state index contributed by atoms with van der Waals surface area (Å²) in [4.78, 5) is 1.67. The first-order valence-electron chi connectivity index (χ1n) is 7.12. The van der Waals surface area contributed by atoms with Crippen molar-refractivity contribution in [2.45, 2.75) is 32.7 Å². The zero-order valence-corrected chi connectivity index (χ0v) is 12.2. The van der Waals surface area contributed by atoms with Crippen molar-refractivity contribution < 1.29 is 0 Å². The lowest BCUT2D eigenvalue weighted by atomic mass is 10.0. The maximum Gasteiger partial charge on any atom is 0.100 e. The molecule has 1 aromatic carbocycles. The Morgan fingerprint density at radius 3 is 2.70 bits per heavy atom. The molecule has 4 heteroatoms. The monoisotopic (exact) mass is 270 g/mol. The lowest BCUT2D eigenvalue weighted by Gasteiger charge is -2.15. The molecular formula is C16H22N4. The normalized spacial score (nSPS) is 12.3. The fraction of sp³-hybridized carbons (Fsp3) is 0.375. The Kier molecular flexibility index (Phi) is 5.07. The van der Waals surface area contributed by atoms with Crippen LogP contribution in [0.15, 0.2) is 48.7 Å². The lowest BCUT2D eigenvalue weighted by Crippen LogP contribution is -2.22. The molecule has 0 amide bonds. The van der Waals surface area contributed by atoms with Crippen LogP contribution in [0.2, 0.25) is 0 Å². The minimum absolute atomic E-state index is 0.185. The van der Waals surface area contributed by atoms with Gasteiger partial charge in [-0.15, -0.1) is 0 Å². The topological polar surface area (TPSA) is 42.7 Å². The van der Waals surface area contributed by atoms with E-state index in [1.54, 1.807) is 4.80 Å². The first kappa shape index (κ1) is 14.5. The molecule has 1 atom stereocenters. The van der Waals surface area contributed by atoms with Crippen molar-refractivity contribution in [1.29, 1.82) is 0 Å². The second-order valence-electron chi connectivity index (χ2n) is 4.81. The highest BCUT2D eigenvalue weighted by atomic mass is 15.5. The van der Waals surface area contributed by atoms with E-state index in [0.717, 1.165) is 30.8 Å². The molecule has 1 aromatic heterocycles. The average Bonchev–Trinajstić information content (AvgIpc) is 2.97. The molecule has 1 N–H and O–H groups in total. The lowest BCUT2D eigenvalue weighted by molar-refractivity contribution is 0.525. The number of hydrogen-bond acceptors (Lipinski definition) is 3. The second-order valence-corrected chi connectivity index (χ2v) is 4.81. The molecular weight excluding hydrogens is 248 g/mol. The van der Waals surface area contributed by atoms with Gasteiger partial charge in [0.05, 0.1) is 17.9 Å². The van der Waals surface area contributed by atoms with E-state index in [1.807, 2.05) is 36.5 Å². The van der Waals surface area contributed by atoms with Crippen LogP contribution in [0.1, 0.15) is 38.4 Å². The summed E-state index contributed by atoms with van der Waals surface area (Å²) in [5.41, 5.74) is 3.17. The van der Waals surface area contributed by atoms with Gasteiger partial charge in [-0.2, -0.15) is 15.0 Å². The van der Waals surface area contributed by atoms with Crippen molar-refractivity contribution in [3.8, 4) is 5.69 Å². The van der Waals surface area contributed by atoms with Gasteiger partial charge in [-0.3, -0.25) is 0 Å². The van der Waals surface area contributed by atoms with E-state index in [0.29, 0.717) is 0 Å². The SMILES string of the molecule is C=C(CC)CC(NCC)c1cnn(-c2ccccc2)n1. The van der Waals surface area contributed by atoms with Gasteiger partial charge in [-0.05, 0) is 31.5 Å². The highest BCUT2D eigenvalue weighted by Gasteiger charge is 2.15. The molecule has 0 spiro atoms. The predicted molar refractivity (Wildman–Crippen MR) is 81.8 cm³/mol. The van der Waals surface area contributed by atoms with Gasteiger partial charge < -0.3 is 5.32 Å². The van der Waals surface area contributed by atoms with Crippen LogP contribution >= 0.6 is 0 Å². The van der Waals surface area contributed by atoms with Crippen molar-refractivity contribution in [3.05, 3.63) is 54.4 Å². The minimum atomic E-state index is 0.185. The number of aromatic nitrogens is 3. The van der Waals surface area contributed by atoms with Gasteiger partial charge in [0.1, 0.15) is 5.69 Å². The molecule has 106 valence electrons. The summed E-state index contributed by atoms with van der Waals surface area (Å²) in [5, 5.41) is 12.4. The van der Waals surface area contributed by atoms with Crippen LogP contribution in [-0.2, 0) is 0 Å². The molecule has 20 heavy (non-hydrogen) atoms. The first-order chi connectivity index (χ1) is 9.74. The number of hydrogen-bond donors (Lipinski definition) is 1. The van der Waals surface area contributed by atoms with E-state index in [9.17, 15) is 0 Å². The quantitative estimate of drug-likeness (QED) is 0.785. The summed E-state index contributed by atoms with van der Waals surface area (Å²) < 4.78 is 0. The number of rotatable bonds is 7. The maximum absolute atomic E-state index is 4.59. The smallest absolute Gasteiger partial charge is 0.100 e. The van der Waals surface area contributed by atoms with E-state index < -0.39 is 0 Å². The van der Waals surface area contributed by atoms with Crippen molar-refractivity contribution in [2.75, 3.05) is 6.54 Å². The molecule has 4 nitrogen and oxygen atoms in total. The molecule has 0 radical (unpaired) electrons. The highest BCUT2D eigenvalue weighted by Crippen LogP contribution is 2.20. The molecule has 0 aliphatic carbocycles. The van der Waals surface area contributed by atoms with Crippen LogP contribution in [0.5, 0.6) is 0 Å². The Labute approximate surface area is 120 Å². The first-order valence-corrected chi connectivity index (χ1v) is 7.12. The van der Waals surface area contributed by atoms with E-state index in [1.165, 1.54) is 5.57 Å². The number of benzene rings is 1. The fourth-order valence-corrected chi connectivity index (χ4v) is 2.08. The van der Waals surface area contributed by atoms with Gasteiger partial charge in [-0.25, -0.2) is 0 Å². The highest BCUT2D eigenvalue weighted by molar-refractivity contribution is 5.28. The maximum atomic E-state index is 4.59.